The molecule has 4 fully saturated rings. The molecule has 4 aliphatic rings. The third-order valence-corrected chi connectivity index (χ3v) is 5.93. The van der Waals surface area contributed by atoms with Gasteiger partial charge in [-0.2, -0.15) is 5.26 Å². The van der Waals surface area contributed by atoms with Crippen molar-refractivity contribution in [3.05, 3.63) is 0 Å². The summed E-state index contributed by atoms with van der Waals surface area (Å²) < 4.78 is 0. The molecular formula is C17H24N2O3. The third-order valence-electron chi connectivity index (χ3n) is 5.93. The van der Waals surface area contributed by atoms with Gasteiger partial charge in [0.15, 0.2) is 0 Å². The van der Waals surface area contributed by atoms with Gasteiger partial charge in [0.1, 0.15) is 6.04 Å². The first-order valence-electron chi connectivity index (χ1n) is 8.35. The Labute approximate surface area is 131 Å². The van der Waals surface area contributed by atoms with Gasteiger partial charge in [0.25, 0.3) is 0 Å². The summed E-state index contributed by atoms with van der Waals surface area (Å²) in [6.07, 6.45) is 6.69. The standard InChI is InChI=1S/C17H24N2O3/c1-10(9-18)2-14(15(20)21)19-16(22)17-6-11-3-12(7-17)5-13(4-11)8-17/h10-14H,2-8H2,1H3,(H,19,22)(H,20,21)/t10-,11?,12?,13?,14+,17?/m0/s1. The Bertz CT molecular complexity index is 487. The van der Waals surface area contributed by atoms with Crippen LogP contribution in [0.3, 0.4) is 0 Å². The Hall–Kier alpha value is -1.57. The summed E-state index contributed by atoms with van der Waals surface area (Å²) in [5, 5.41) is 20.9. The minimum Gasteiger partial charge on any atom is -0.480 e. The largest absolute Gasteiger partial charge is 0.480 e. The molecule has 4 rings (SSSR count). The van der Waals surface area contributed by atoms with E-state index in [0.29, 0.717) is 17.8 Å². The quantitative estimate of drug-likeness (QED) is 0.815. The fraction of sp³-hybridized carbons (Fsp3) is 0.824. The van der Waals surface area contributed by atoms with Gasteiger partial charge in [0.05, 0.1) is 6.07 Å². The van der Waals surface area contributed by atoms with Gasteiger partial charge >= 0.3 is 5.97 Å². The van der Waals surface area contributed by atoms with E-state index in [2.05, 4.69) is 5.32 Å². The fourth-order valence-corrected chi connectivity index (χ4v) is 5.33. The van der Waals surface area contributed by atoms with Gasteiger partial charge in [0.2, 0.25) is 5.91 Å². The predicted molar refractivity (Wildman–Crippen MR) is 79.6 cm³/mol. The SMILES string of the molecule is C[C@H](C#N)C[C@@H](NC(=O)C12CC3CC(CC(C3)C1)C2)C(=O)O. The van der Waals surface area contributed by atoms with Crippen LogP contribution in [0.15, 0.2) is 0 Å². The van der Waals surface area contributed by atoms with Gasteiger partial charge in [-0.25, -0.2) is 4.79 Å². The fourth-order valence-electron chi connectivity index (χ4n) is 5.33. The normalized spacial score (nSPS) is 38.1. The maximum Gasteiger partial charge on any atom is 0.326 e. The van der Waals surface area contributed by atoms with E-state index in [1.807, 2.05) is 6.07 Å². The molecule has 0 aromatic rings. The molecule has 0 heterocycles. The van der Waals surface area contributed by atoms with Gasteiger partial charge < -0.3 is 10.4 Å². The molecule has 0 aromatic heterocycles. The van der Waals surface area contributed by atoms with E-state index >= 15 is 0 Å². The van der Waals surface area contributed by atoms with Crippen LogP contribution in [-0.2, 0) is 9.59 Å². The first-order chi connectivity index (χ1) is 10.4. The number of hydrogen-bond acceptors (Lipinski definition) is 3. The Morgan fingerprint density at radius 1 is 1.23 bits per heavy atom. The van der Waals surface area contributed by atoms with Crippen LogP contribution in [0.1, 0.15) is 51.9 Å². The van der Waals surface area contributed by atoms with Crippen molar-refractivity contribution in [2.75, 3.05) is 0 Å². The molecule has 0 aliphatic heterocycles. The molecule has 0 aromatic carbocycles. The molecule has 5 heteroatoms. The van der Waals surface area contributed by atoms with Crippen molar-refractivity contribution >= 4 is 11.9 Å². The van der Waals surface area contributed by atoms with Crippen molar-refractivity contribution in [3.63, 3.8) is 0 Å². The summed E-state index contributed by atoms with van der Waals surface area (Å²) in [5.41, 5.74) is -0.335. The van der Waals surface area contributed by atoms with Gasteiger partial charge in [-0.3, -0.25) is 4.79 Å². The molecule has 4 bridgehead atoms. The van der Waals surface area contributed by atoms with Gasteiger partial charge in [0, 0.05) is 11.3 Å². The van der Waals surface area contributed by atoms with E-state index in [0.717, 1.165) is 19.3 Å². The van der Waals surface area contributed by atoms with E-state index in [1.54, 1.807) is 6.92 Å². The maximum absolute atomic E-state index is 12.8. The second-order valence-electron chi connectivity index (χ2n) is 7.83. The highest BCUT2D eigenvalue weighted by molar-refractivity contribution is 5.87. The maximum atomic E-state index is 12.8. The number of carboxylic acid groups (broad SMARTS) is 1. The van der Waals surface area contributed by atoms with Crippen molar-refractivity contribution in [1.82, 2.24) is 5.32 Å². The van der Waals surface area contributed by atoms with E-state index in [4.69, 9.17) is 5.26 Å². The number of aliphatic carboxylic acids is 1. The second-order valence-corrected chi connectivity index (χ2v) is 7.83. The number of carbonyl (C=O) groups is 2. The summed E-state index contributed by atoms with van der Waals surface area (Å²) in [6.45, 7) is 1.69. The molecule has 22 heavy (non-hydrogen) atoms. The molecule has 0 radical (unpaired) electrons. The first kappa shape index (κ1) is 15.3. The molecule has 4 aliphatic carbocycles. The molecule has 2 N–H and O–H groups in total. The number of nitriles is 1. The monoisotopic (exact) mass is 304 g/mol. The average molecular weight is 304 g/mol. The molecule has 0 unspecified atom stereocenters. The smallest absolute Gasteiger partial charge is 0.326 e. The lowest BCUT2D eigenvalue weighted by atomic mass is 9.49. The zero-order chi connectivity index (χ0) is 15.9. The predicted octanol–water partition coefficient (Wildman–Crippen LogP) is 2.32. The number of nitrogens with one attached hydrogen (secondary N) is 1. The average Bonchev–Trinajstić information content (AvgIpc) is 2.44. The highest BCUT2D eigenvalue weighted by atomic mass is 16.4. The van der Waals surface area contributed by atoms with Crippen LogP contribution in [0.25, 0.3) is 0 Å². The number of carboxylic acids is 1. The van der Waals surface area contributed by atoms with Crippen LogP contribution in [0.5, 0.6) is 0 Å². The molecule has 0 spiro atoms. The highest BCUT2D eigenvalue weighted by Crippen LogP contribution is 2.60. The lowest BCUT2D eigenvalue weighted by Gasteiger charge is -2.55. The van der Waals surface area contributed by atoms with Crippen molar-refractivity contribution in [2.45, 2.75) is 57.9 Å². The van der Waals surface area contributed by atoms with E-state index < -0.39 is 12.0 Å². The Balaban J connectivity index is 1.70. The molecule has 0 saturated heterocycles. The van der Waals surface area contributed by atoms with Crippen LogP contribution in [0, 0.1) is 40.4 Å². The van der Waals surface area contributed by atoms with Gasteiger partial charge in [-0.15, -0.1) is 0 Å². The Morgan fingerprint density at radius 3 is 2.14 bits per heavy atom. The first-order valence-corrected chi connectivity index (χ1v) is 8.35. The van der Waals surface area contributed by atoms with Crippen molar-refractivity contribution < 1.29 is 14.7 Å². The summed E-state index contributed by atoms with van der Waals surface area (Å²) in [4.78, 5) is 24.2. The number of nitrogens with zero attached hydrogens (tertiary/aromatic N) is 1. The Morgan fingerprint density at radius 2 is 1.73 bits per heavy atom. The second kappa shape index (κ2) is 5.57. The Kier molecular flexibility index (Phi) is 3.88. The van der Waals surface area contributed by atoms with Crippen molar-refractivity contribution in [3.8, 4) is 6.07 Å². The van der Waals surface area contributed by atoms with E-state index in [9.17, 15) is 14.7 Å². The van der Waals surface area contributed by atoms with Crippen LogP contribution >= 0.6 is 0 Å². The molecule has 5 nitrogen and oxygen atoms in total. The molecule has 2 atom stereocenters. The van der Waals surface area contributed by atoms with E-state index in [-0.39, 0.29) is 23.7 Å². The lowest BCUT2D eigenvalue weighted by molar-refractivity contribution is -0.151. The zero-order valence-corrected chi connectivity index (χ0v) is 13.0. The minimum atomic E-state index is -1.04. The highest BCUT2D eigenvalue weighted by Gasteiger charge is 2.54. The molecule has 120 valence electrons. The third kappa shape index (κ3) is 2.71. The number of amides is 1. The molecular weight excluding hydrogens is 280 g/mol. The summed E-state index contributed by atoms with van der Waals surface area (Å²) in [7, 11) is 0. The van der Waals surface area contributed by atoms with Crippen molar-refractivity contribution in [2.24, 2.45) is 29.1 Å². The summed E-state index contributed by atoms with van der Waals surface area (Å²) in [6, 6.07) is 1.10. The zero-order valence-electron chi connectivity index (χ0n) is 13.0. The molecule has 4 saturated carbocycles. The number of carbonyl (C=O) groups excluding carboxylic acids is 1. The lowest BCUT2D eigenvalue weighted by Crippen LogP contribution is -2.56. The minimum absolute atomic E-state index is 0.0795. The van der Waals surface area contributed by atoms with Crippen LogP contribution in [-0.4, -0.2) is 23.0 Å². The van der Waals surface area contributed by atoms with Crippen LogP contribution in [0.4, 0.5) is 0 Å². The van der Waals surface area contributed by atoms with Gasteiger partial charge in [-0.05, 0) is 69.6 Å². The molecule has 1 amide bonds. The number of rotatable bonds is 5. The van der Waals surface area contributed by atoms with Gasteiger partial charge in [-0.1, -0.05) is 0 Å². The topological polar surface area (TPSA) is 90.2 Å². The summed E-state index contributed by atoms with van der Waals surface area (Å²) >= 11 is 0. The van der Waals surface area contributed by atoms with Crippen molar-refractivity contribution in [1.29, 1.82) is 5.26 Å². The summed E-state index contributed by atoms with van der Waals surface area (Å²) in [5.74, 6) is 0.456. The van der Waals surface area contributed by atoms with Crippen LogP contribution in [0.2, 0.25) is 0 Å². The number of hydrogen-bond donors (Lipinski definition) is 2. The van der Waals surface area contributed by atoms with Crippen LogP contribution < -0.4 is 5.32 Å². The van der Waals surface area contributed by atoms with E-state index in [1.165, 1.54) is 19.3 Å².